The van der Waals surface area contributed by atoms with Crippen molar-refractivity contribution in [1.82, 2.24) is 0 Å². The van der Waals surface area contributed by atoms with Crippen LogP contribution in [-0.4, -0.2) is 25.1 Å². The Hall–Kier alpha value is -1.17. The van der Waals surface area contributed by atoms with Crippen LogP contribution >= 0.6 is 23.1 Å². The first-order chi connectivity index (χ1) is 10.2. The monoisotopic (exact) mass is 322 g/mol. The molecular formula is C16H18O3S2. The lowest BCUT2D eigenvalue weighted by molar-refractivity contribution is 0.218. The van der Waals surface area contributed by atoms with Gasteiger partial charge in [-0.15, -0.1) is 11.3 Å². The number of fused-ring (bicyclic) bond motifs is 1. The predicted molar refractivity (Wildman–Crippen MR) is 87.8 cm³/mol. The number of benzene rings is 1. The number of thiophene rings is 1. The fourth-order valence-corrected chi connectivity index (χ4v) is 4.88. The molecule has 0 bridgehead atoms. The van der Waals surface area contributed by atoms with Gasteiger partial charge in [-0.3, -0.25) is 0 Å². The summed E-state index contributed by atoms with van der Waals surface area (Å²) in [5, 5.41) is 10.7. The summed E-state index contributed by atoms with van der Waals surface area (Å²) < 4.78 is 10.6. The van der Waals surface area contributed by atoms with Gasteiger partial charge in [0.1, 0.15) is 17.6 Å². The second-order valence-electron chi connectivity index (χ2n) is 4.91. The van der Waals surface area contributed by atoms with Gasteiger partial charge in [0, 0.05) is 27.1 Å². The molecule has 1 atom stereocenters. The van der Waals surface area contributed by atoms with Gasteiger partial charge >= 0.3 is 0 Å². The van der Waals surface area contributed by atoms with Crippen molar-refractivity contribution in [3.05, 3.63) is 45.1 Å². The van der Waals surface area contributed by atoms with Crippen LogP contribution in [-0.2, 0) is 12.2 Å². The first-order valence-electron chi connectivity index (χ1n) is 6.82. The highest BCUT2D eigenvalue weighted by Gasteiger charge is 2.21. The van der Waals surface area contributed by atoms with Crippen LogP contribution in [0.3, 0.4) is 0 Å². The van der Waals surface area contributed by atoms with E-state index < -0.39 is 6.10 Å². The summed E-state index contributed by atoms with van der Waals surface area (Å²) in [6.45, 7) is 0. The normalized spacial score (nSPS) is 15.4. The second kappa shape index (κ2) is 6.30. The standard InChI is InChI=1S/C16H18O3S2/c1-18-11-3-4-12(13(8-11)19-2)16(17)15-7-10-9-20-6-5-14(10)21-15/h3-4,7-8,16-17H,5-6,9H2,1-2H3. The molecule has 0 fully saturated rings. The molecule has 0 spiro atoms. The molecule has 21 heavy (non-hydrogen) atoms. The van der Waals surface area contributed by atoms with E-state index in [9.17, 15) is 5.11 Å². The number of aryl methyl sites for hydroxylation is 1. The maximum absolute atomic E-state index is 10.7. The van der Waals surface area contributed by atoms with E-state index in [1.165, 1.54) is 16.2 Å². The van der Waals surface area contributed by atoms with E-state index in [-0.39, 0.29) is 0 Å². The Morgan fingerprint density at radius 3 is 2.76 bits per heavy atom. The number of rotatable bonds is 4. The average molecular weight is 322 g/mol. The molecule has 1 N–H and O–H groups in total. The SMILES string of the molecule is COc1ccc(C(O)c2cc3c(s2)CCSC3)c(OC)c1. The van der Waals surface area contributed by atoms with Crippen molar-refractivity contribution in [3.63, 3.8) is 0 Å². The molecule has 2 heterocycles. The third-order valence-electron chi connectivity index (χ3n) is 3.65. The zero-order valence-electron chi connectivity index (χ0n) is 12.1. The minimum Gasteiger partial charge on any atom is -0.497 e. The molecular weight excluding hydrogens is 304 g/mol. The van der Waals surface area contributed by atoms with Crippen molar-refractivity contribution < 1.29 is 14.6 Å². The zero-order chi connectivity index (χ0) is 14.8. The molecule has 1 aromatic heterocycles. The summed E-state index contributed by atoms with van der Waals surface area (Å²) in [6, 6.07) is 7.67. The number of ether oxygens (including phenoxy) is 2. The Morgan fingerprint density at radius 1 is 1.19 bits per heavy atom. The van der Waals surface area contributed by atoms with Gasteiger partial charge in [0.25, 0.3) is 0 Å². The molecule has 1 aliphatic rings. The van der Waals surface area contributed by atoms with Crippen molar-refractivity contribution in [2.24, 2.45) is 0 Å². The van der Waals surface area contributed by atoms with Gasteiger partial charge in [0.15, 0.2) is 0 Å². The van der Waals surface area contributed by atoms with E-state index in [2.05, 4.69) is 6.07 Å². The van der Waals surface area contributed by atoms with E-state index in [1.54, 1.807) is 25.6 Å². The van der Waals surface area contributed by atoms with Gasteiger partial charge in [-0.1, -0.05) is 0 Å². The fraction of sp³-hybridized carbons (Fsp3) is 0.375. The van der Waals surface area contributed by atoms with E-state index in [1.807, 2.05) is 30.0 Å². The molecule has 3 nitrogen and oxygen atoms in total. The lowest BCUT2D eigenvalue weighted by Crippen LogP contribution is -2.01. The summed E-state index contributed by atoms with van der Waals surface area (Å²) in [5.74, 6) is 3.61. The summed E-state index contributed by atoms with van der Waals surface area (Å²) in [4.78, 5) is 2.40. The third-order valence-corrected chi connectivity index (χ3v) is 5.95. The Labute approximate surface area is 132 Å². The molecule has 0 amide bonds. The van der Waals surface area contributed by atoms with Gasteiger partial charge in [-0.2, -0.15) is 11.8 Å². The van der Waals surface area contributed by atoms with E-state index in [4.69, 9.17) is 9.47 Å². The molecule has 5 heteroatoms. The van der Waals surface area contributed by atoms with Crippen LogP contribution in [0.2, 0.25) is 0 Å². The van der Waals surface area contributed by atoms with Crippen LogP contribution in [0.4, 0.5) is 0 Å². The predicted octanol–water partition coefficient (Wildman–Crippen LogP) is 3.64. The van der Waals surface area contributed by atoms with E-state index >= 15 is 0 Å². The summed E-state index contributed by atoms with van der Waals surface area (Å²) in [6.07, 6.45) is 0.461. The maximum Gasteiger partial charge on any atom is 0.128 e. The zero-order valence-corrected chi connectivity index (χ0v) is 13.7. The second-order valence-corrected chi connectivity index (χ2v) is 7.18. The Morgan fingerprint density at radius 2 is 2.05 bits per heavy atom. The van der Waals surface area contributed by atoms with Crippen LogP contribution in [0.15, 0.2) is 24.3 Å². The topological polar surface area (TPSA) is 38.7 Å². The highest BCUT2D eigenvalue weighted by Crippen LogP contribution is 2.39. The number of methoxy groups -OCH3 is 2. The maximum atomic E-state index is 10.7. The number of hydrogen-bond acceptors (Lipinski definition) is 5. The largest absolute Gasteiger partial charge is 0.497 e. The van der Waals surface area contributed by atoms with E-state index in [0.717, 1.165) is 28.4 Å². The van der Waals surface area contributed by atoms with Gasteiger partial charge in [-0.25, -0.2) is 0 Å². The Bertz CT molecular complexity index is 613. The summed E-state index contributed by atoms with van der Waals surface area (Å²) in [5.41, 5.74) is 2.15. The molecule has 0 aliphatic carbocycles. The first kappa shape index (κ1) is 14.8. The lowest BCUT2D eigenvalue weighted by atomic mass is 10.1. The molecule has 2 aromatic rings. The van der Waals surface area contributed by atoms with Crippen LogP contribution < -0.4 is 9.47 Å². The van der Waals surface area contributed by atoms with Crippen molar-refractivity contribution in [1.29, 1.82) is 0 Å². The molecule has 3 rings (SSSR count). The molecule has 1 aromatic carbocycles. The van der Waals surface area contributed by atoms with Crippen molar-refractivity contribution >= 4 is 23.1 Å². The number of aliphatic hydroxyl groups excluding tert-OH is 1. The molecule has 0 saturated carbocycles. The molecule has 0 radical (unpaired) electrons. The van der Waals surface area contributed by atoms with Gasteiger partial charge in [0.2, 0.25) is 0 Å². The quantitative estimate of drug-likeness (QED) is 0.933. The van der Waals surface area contributed by atoms with Crippen LogP contribution in [0, 0.1) is 0 Å². The van der Waals surface area contributed by atoms with Crippen LogP contribution in [0.1, 0.15) is 27.0 Å². The molecule has 112 valence electrons. The third kappa shape index (κ3) is 2.91. The van der Waals surface area contributed by atoms with Crippen molar-refractivity contribution in [3.8, 4) is 11.5 Å². The Kier molecular flexibility index (Phi) is 4.42. The molecule has 1 aliphatic heterocycles. The van der Waals surface area contributed by atoms with Crippen LogP contribution in [0.25, 0.3) is 0 Å². The minimum atomic E-state index is -0.647. The first-order valence-corrected chi connectivity index (χ1v) is 8.79. The Balaban J connectivity index is 1.94. The number of hydrogen-bond donors (Lipinski definition) is 1. The van der Waals surface area contributed by atoms with Gasteiger partial charge in [-0.05, 0) is 35.9 Å². The highest BCUT2D eigenvalue weighted by atomic mass is 32.2. The van der Waals surface area contributed by atoms with Crippen molar-refractivity contribution in [2.75, 3.05) is 20.0 Å². The minimum absolute atomic E-state index is 0.647. The summed E-state index contributed by atoms with van der Waals surface area (Å²) >= 11 is 3.67. The van der Waals surface area contributed by atoms with Gasteiger partial charge in [0.05, 0.1) is 14.2 Å². The fourth-order valence-electron chi connectivity index (χ4n) is 2.50. The van der Waals surface area contributed by atoms with Crippen LogP contribution in [0.5, 0.6) is 11.5 Å². The molecule has 0 saturated heterocycles. The number of aliphatic hydroxyl groups is 1. The highest BCUT2D eigenvalue weighted by molar-refractivity contribution is 7.98. The summed E-state index contributed by atoms with van der Waals surface area (Å²) in [7, 11) is 3.23. The smallest absolute Gasteiger partial charge is 0.128 e. The van der Waals surface area contributed by atoms with Crippen molar-refractivity contribution in [2.45, 2.75) is 18.3 Å². The van der Waals surface area contributed by atoms with Gasteiger partial charge < -0.3 is 14.6 Å². The van der Waals surface area contributed by atoms with E-state index in [0.29, 0.717) is 5.75 Å². The molecule has 1 unspecified atom stereocenters. The average Bonchev–Trinajstić information content (AvgIpc) is 2.97. The number of thioether (sulfide) groups is 1. The lowest BCUT2D eigenvalue weighted by Gasteiger charge is -2.14.